The monoisotopic (exact) mass is 851 g/mol. The number of para-hydroxylation sites is 2. The Labute approximate surface area is 364 Å². The number of aliphatic imine (C=N–C) groups is 1. The van der Waals surface area contributed by atoms with Crippen molar-refractivity contribution < 1.29 is 38.4 Å². The highest BCUT2D eigenvalue weighted by Gasteiger charge is 2.39. The molecule has 15 nitrogen and oxygen atoms in total. The zero-order chi connectivity index (χ0) is 43.9. The molecule has 1 unspecified atom stereocenters. The van der Waals surface area contributed by atoms with Crippen LogP contribution in [0.3, 0.4) is 0 Å². The number of aliphatic hydroxyl groups excluding tert-OH is 1. The third-order valence-corrected chi connectivity index (χ3v) is 11.9. The molecule has 4 heterocycles. The van der Waals surface area contributed by atoms with Crippen LogP contribution >= 0.6 is 0 Å². The van der Waals surface area contributed by atoms with Crippen LogP contribution in [-0.2, 0) is 35.6 Å². The highest BCUT2D eigenvalue weighted by molar-refractivity contribution is 6.12. The summed E-state index contributed by atoms with van der Waals surface area (Å²) in [5, 5.41) is 20.7. The van der Waals surface area contributed by atoms with Gasteiger partial charge in [0.05, 0.1) is 49.3 Å². The summed E-state index contributed by atoms with van der Waals surface area (Å²) < 4.78 is 24.3. The number of nitrogens with two attached hydrogens (primary N) is 1. The number of fused-ring (bicyclic) bond motifs is 8. The second kappa shape index (κ2) is 17.0. The van der Waals surface area contributed by atoms with Crippen LogP contribution in [0.1, 0.15) is 58.3 Å². The van der Waals surface area contributed by atoms with E-state index >= 15 is 0 Å². The predicted octanol–water partition coefficient (Wildman–Crippen LogP) is 5.79. The molecule has 324 valence electrons. The Morgan fingerprint density at radius 3 is 2.19 bits per heavy atom. The van der Waals surface area contributed by atoms with Crippen molar-refractivity contribution in [3.63, 3.8) is 0 Å². The van der Waals surface area contributed by atoms with Crippen molar-refractivity contribution in [1.82, 2.24) is 5.32 Å². The van der Waals surface area contributed by atoms with Gasteiger partial charge in [0.15, 0.2) is 29.2 Å². The molecule has 0 aromatic heterocycles. The first-order chi connectivity index (χ1) is 30.5. The van der Waals surface area contributed by atoms with Crippen molar-refractivity contribution in [3.8, 4) is 23.0 Å². The number of aliphatic hydroxyl groups is 1. The van der Waals surface area contributed by atoms with Crippen molar-refractivity contribution in [2.24, 2.45) is 10.7 Å². The summed E-state index contributed by atoms with van der Waals surface area (Å²) in [5.74, 6) is 0.591. The molecule has 0 saturated heterocycles. The molecule has 0 spiro atoms. The average molecular weight is 852 g/mol. The van der Waals surface area contributed by atoms with Crippen molar-refractivity contribution in [2.75, 3.05) is 41.2 Å². The lowest BCUT2D eigenvalue weighted by Gasteiger charge is -2.29. The predicted molar refractivity (Wildman–Crippen MR) is 240 cm³/mol. The smallest absolute Gasteiger partial charge is 0.260 e. The number of ether oxygens (including phenoxy) is 4. The maximum Gasteiger partial charge on any atom is 0.260 e. The molecule has 63 heavy (non-hydrogen) atoms. The summed E-state index contributed by atoms with van der Waals surface area (Å²) in [5.41, 5.74) is 13.9. The number of nitrogens with zero attached hydrogens (tertiary/aromatic N) is 3. The number of hydrogen-bond donors (Lipinski definition) is 5. The first kappa shape index (κ1) is 41.3. The number of amides is 3. The first-order valence-electron chi connectivity index (χ1n) is 20.9. The minimum Gasteiger partial charge on any atom is -0.493 e. The molecule has 5 atom stereocenters. The fraction of sp³-hybridized carbons (Fsp3) is 0.292. The fourth-order valence-electron chi connectivity index (χ4n) is 8.74. The summed E-state index contributed by atoms with van der Waals surface area (Å²) in [7, 11) is 3.07. The molecule has 6 N–H and O–H groups in total. The quantitative estimate of drug-likeness (QED) is 0.102. The third kappa shape index (κ3) is 7.96. The molecule has 4 aliphatic rings. The molecular formula is C48H49N7O8. The van der Waals surface area contributed by atoms with E-state index in [0.717, 1.165) is 35.3 Å². The van der Waals surface area contributed by atoms with Crippen LogP contribution in [-0.4, -0.2) is 74.0 Å². The second-order valence-electron chi connectivity index (χ2n) is 16.2. The summed E-state index contributed by atoms with van der Waals surface area (Å²) in [4.78, 5) is 48.3. The molecule has 5 aromatic rings. The normalized spacial score (nSPS) is 18.8. The van der Waals surface area contributed by atoms with Crippen LogP contribution in [0.25, 0.3) is 0 Å². The minimum absolute atomic E-state index is 0.0352. The Kier molecular flexibility index (Phi) is 11.1. The SMILES string of the molecule is COc1cc2c(cc1OCc1cc(COc3cc4c(cc3OC)C(=O)N3c5ccccc5C[C@H]3CN4)cc(NC(=O)[C@@H](C)NC(=O)[C@H](C)N)c1)N=C[C@@H]1Cc3ccccc3N1C2O. The number of hydrogen-bond acceptors (Lipinski definition) is 12. The highest BCUT2D eigenvalue weighted by Crippen LogP contribution is 2.46. The number of nitrogens with one attached hydrogen (secondary N) is 3. The van der Waals surface area contributed by atoms with Gasteiger partial charge in [0.2, 0.25) is 11.8 Å². The van der Waals surface area contributed by atoms with Gasteiger partial charge in [-0.2, -0.15) is 0 Å². The van der Waals surface area contributed by atoms with Crippen LogP contribution in [0.4, 0.5) is 28.4 Å². The highest BCUT2D eigenvalue weighted by atomic mass is 16.5. The number of methoxy groups -OCH3 is 2. The number of rotatable bonds is 12. The van der Waals surface area contributed by atoms with Crippen molar-refractivity contribution >= 4 is 52.4 Å². The topological polar surface area (TPSA) is 189 Å². The van der Waals surface area contributed by atoms with E-state index in [1.54, 1.807) is 50.2 Å². The van der Waals surface area contributed by atoms with Crippen molar-refractivity contribution in [3.05, 3.63) is 124 Å². The summed E-state index contributed by atoms with van der Waals surface area (Å²) in [6.07, 6.45) is 2.37. The molecule has 0 saturated carbocycles. The molecule has 0 aliphatic carbocycles. The lowest BCUT2D eigenvalue weighted by Crippen LogP contribution is -2.47. The molecule has 0 fully saturated rings. The van der Waals surface area contributed by atoms with Gasteiger partial charge in [-0.3, -0.25) is 19.4 Å². The molecule has 3 amide bonds. The van der Waals surface area contributed by atoms with Crippen LogP contribution in [0.15, 0.2) is 96.0 Å². The van der Waals surface area contributed by atoms with Gasteiger partial charge in [0.1, 0.15) is 19.3 Å². The Morgan fingerprint density at radius 1 is 0.841 bits per heavy atom. The Hall–Kier alpha value is -7.10. The van der Waals surface area contributed by atoms with Gasteiger partial charge >= 0.3 is 0 Å². The lowest BCUT2D eigenvalue weighted by atomic mass is 10.1. The maximum absolute atomic E-state index is 14.0. The maximum atomic E-state index is 14.0. The molecule has 4 aliphatic heterocycles. The average Bonchev–Trinajstić information content (AvgIpc) is 3.78. The Morgan fingerprint density at radius 2 is 1.49 bits per heavy atom. The zero-order valence-electron chi connectivity index (χ0n) is 35.4. The van der Waals surface area contributed by atoms with E-state index < -0.39 is 30.1 Å². The summed E-state index contributed by atoms with van der Waals surface area (Å²) >= 11 is 0. The summed E-state index contributed by atoms with van der Waals surface area (Å²) in [6.45, 7) is 3.77. The molecule has 0 radical (unpaired) electrons. The molecule has 15 heteroatoms. The summed E-state index contributed by atoms with van der Waals surface area (Å²) in [6, 6.07) is 26.6. The van der Waals surface area contributed by atoms with E-state index in [2.05, 4.69) is 28.1 Å². The van der Waals surface area contributed by atoms with Gasteiger partial charge in [-0.1, -0.05) is 36.4 Å². The minimum atomic E-state index is -0.966. The van der Waals surface area contributed by atoms with Gasteiger partial charge in [0.25, 0.3) is 5.91 Å². The van der Waals surface area contributed by atoms with Crippen LogP contribution in [0.5, 0.6) is 23.0 Å². The van der Waals surface area contributed by atoms with E-state index in [4.69, 9.17) is 29.7 Å². The van der Waals surface area contributed by atoms with Gasteiger partial charge in [-0.25, -0.2) is 0 Å². The van der Waals surface area contributed by atoms with Gasteiger partial charge in [0, 0.05) is 53.9 Å². The standard InChI is InChI=1S/C48H49N7O8/c1-26(49)45(56)52-27(2)46(57)53-32-14-28(24-62-43-20-37-35(18-41(43)60-3)47(58)54-33(22-50-37)16-30-9-5-7-11-39(30)54)13-29(15-32)25-63-44-21-38-36(19-42(44)61-4)48(59)55-34(23-51-38)17-31-10-6-8-12-40(31)55/h5-15,18-22,26-27,33-34,47,51,58H,16-17,23-25,49H2,1-4H3,(H,52,56)(H,53,57)/t26-,27+,33-,34-,47?/m0/s1. The van der Waals surface area contributed by atoms with Gasteiger partial charge in [-0.15, -0.1) is 0 Å². The number of carbonyl (C=O) groups is 3. The van der Waals surface area contributed by atoms with E-state index in [1.807, 2.05) is 58.5 Å². The van der Waals surface area contributed by atoms with E-state index in [-0.39, 0.29) is 31.2 Å². The Balaban J connectivity index is 0.976. The van der Waals surface area contributed by atoms with Crippen LogP contribution in [0, 0.1) is 0 Å². The Bertz CT molecular complexity index is 2650. The molecular weight excluding hydrogens is 803 g/mol. The van der Waals surface area contributed by atoms with Gasteiger partial charge < -0.3 is 55.5 Å². The fourth-order valence-corrected chi connectivity index (χ4v) is 8.74. The van der Waals surface area contributed by atoms with E-state index in [1.165, 1.54) is 14.2 Å². The zero-order valence-corrected chi connectivity index (χ0v) is 35.4. The third-order valence-electron chi connectivity index (χ3n) is 11.9. The number of benzene rings is 5. The molecule has 9 rings (SSSR count). The lowest BCUT2D eigenvalue weighted by molar-refractivity contribution is -0.126. The second-order valence-corrected chi connectivity index (χ2v) is 16.2. The van der Waals surface area contributed by atoms with E-state index in [0.29, 0.717) is 68.9 Å². The van der Waals surface area contributed by atoms with Crippen LogP contribution < -0.4 is 50.4 Å². The van der Waals surface area contributed by atoms with Crippen molar-refractivity contribution in [2.45, 2.75) is 70.3 Å². The van der Waals surface area contributed by atoms with E-state index in [9.17, 15) is 19.5 Å². The van der Waals surface area contributed by atoms with Crippen molar-refractivity contribution in [1.29, 1.82) is 0 Å². The first-order valence-corrected chi connectivity index (χ1v) is 20.9. The largest absolute Gasteiger partial charge is 0.493 e. The molecule has 0 bridgehead atoms. The van der Waals surface area contributed by atoms with Crippen LogP contribution in [0.2, 0.25) is 0 Å². The van der Waals surface area contributed by atoms with Gasteiger partial charge in [-0.05, 0) is 85.0 Å². The number of anilines is 4. The molecule has 5 aromatic carbocycles. The number of carbonyl (C=O) groups excluding carboxylic acids is 3.